The highest BCUT2D eigenvalue weighted by Gasteiger charge is 2.48. The van der Waals surface area contributed by atoms with E-state index < -0.39 is 5.41 Å². The lowest BCUT2D eigenvalue weighted by atomic mass is 9.67. The van der Waals surface area contributed by atoms with Crippen LogP contribution in [0.1, 0.15) is 22.3 Å². The first-order valence-electron chi connectivity index (χ1n) is 22.6. The van der Waals surface area contributed by atoms with Crippen LogP contribution in [-0.4, -0.2) is 0 Å². The first-order chi connectivity index (χ1) is 32.7. The molecular formula is C63H41NOS. The lowest BCUT2D eigenvalue weighted by Crippen LogP contribution is -2.28. The maximum absolute atomic E-state index is 6.27. The number of hydrogen-bond donors (Lipinski definition) is 0. The minimum absolute atomic E-state index is 0.478. The topological polar surface area (TPSA) is 16.4 Å². The number of nitrogens with zero attached hydrogens (tertiary/aromatic N) is 1. The molecule has 3 heteroatoms. The minimum Gasteiger partial charge on any atom is -0.456 e. The van der Waals surface area contributed by atoms with Gasteiger partial charge in [0.25, 0.3) is 0 Å². The first-order valence-corrected chi connectivity index (χ1v) is 23.4. The maximum Gasteiger partial charge on any atom is 0.136 e. The van der Waals surface area contributed by atoms with Crippen LogP contribution < -0.4 is 4.90 Å². The summed E-state index contributed by atoms with van der Waals surface area (Å²) in [5.74, 6) is 0. The van der Waals surface area contributed by atoms with Crippen LogP contribution in [-0.2, 0) is 5.41 Å². The van der Waals surface area contributed by atoms with Crippen molar-refractivity contribution in [1.29, 1.82) is 0 Å². The smallest absolute Gasteiger partial charge is 0.136 e. The third kappa shape index (κ3) is 6.01. The van der Waals surface area contributed by atoms with Crippen LogP contribution in [0.3, 0.4) is 0 Å². The fourth-order valence-electron chi connectivity index (χ4n) is 10.6. The molecule has 0 bridgehead atoms. The van der Waals surface area contributed by atoms with Crippen LogP contribution in [0, 0.1) is 0 Å². The summed E-state index contributed by atoms with van der Waals surface area (Å²) in [5, 5.41) is 3.60. The van der Waals surface area contributed by atoms with Gasteiger partial charge < -0.3 is 9.32 Å². The van der Waals surface area contributed by atoms with E-state index in [1.165, 1.54) is 65.0 Å². The van der Waals surface area contributed by atoms with Crippen molar-refractivity contribution in [3.63, 3.8) is 0 Å². The molecule has 0 N–H and O–H groups in total. The average Bonchev–Trinajstić information content (AvgIpc) is 4.06. The monoisotopic (exact) mass is 859 g/mol. The van der Waals surface area contributed by atoms with Gasteiger partial charge in [0.2, 0.25) is 0 Å². The average molecular weight is 860 g/mol. The van der Waals surface area contributed by atoms with E-state index in [-0.39, 0.29) is 0 Å². The Bertz CT molecular complexity index is 3680. The van der Waals surface area contributed by atoms with Crippen LogP contribution in [0.25, 0.3) is 75.8 Å². The zero-order valence-corrected chi connectivity index (χ0v) is 36.8. The molecule has 0 spiro atoms. The predicted molar refractivity (Wildman–Crippen MR) is 277 cm³/mol. The molecule has 2 heterocycles. The summed E-state index contributed by atoms with van der Waals surface area (Å²) in [6.07, 6.45) is 0. The van der Waals surface area contributed by atoms with Crippen molar-refractivity contribution in [2.24, 2.45) is 0 Å². The molecule has 0 fully saturated rings. The number of benzene rings is 10. The van der Waals surface area contributed by atoms with Gasteiger partial charge in [-0.3, -0.25) is 0 Å². The normalized spacial score (nSPS) is 12.7. The Morgan fingerprint density at radius 2 is 0.864 bits per heavy atom. The van der Waals surface area contributed by atoms with Gasteiger partial charge in [-0.2, -0.15) is 0 Å². The second-order valence-corrected chi connectivity index (χ2v) is 18.2. The van der Waals surface area contributed by atoms with Gasteiger partial charge in [0.1, 0.15) is 11.2 Å². The van der Waals surface area contributed by atoms with Gasteiger partial charge in [-0.25, -0.2) is 0 Å². The Balaban J connectivity index is 0.924. The predicted octanol–water partition coefficient (Wildman–Crippen LogP) is 17.6. The van der Waals surface area contributed by atoms with Crippen LogP contribution in [0.4, 0.5) is 17.1 Å². The summed E-state index contributed by atoms with van der Waals surface area (Å²) in [6.45, 7) is 0. The highest BCUT2D eigenvalue weighted by molar-refractivity contribution is 7.22. The van der Waals surface area contributed by atoms with Crippen molar-refractivity contribution in [2.45, 2.75) is 5.41 Å². The van der Waals surface area contributed by atoms with Crippen LogP contribution in [0.15, 0.2) is 253 Å². The molecule has 10 aromatic carbocycles. The van der Waals surface area contributed by atoms with E-state index >= 15 is 0 Å². The third-order valence-electron chi connectivity index (χ3n) is 13.6. The van der Waals surface area contributed by atoms with Gasteiger partial charge >= 0.3 is 0 Å². The quantitative estimate of drug-likeness (QED) is 0.151. The zero-order valence-electron chi connectivity index (χ0n) is 35.9. The molecule has 2 aromatic heterocycles. The minimum atomic E-state index is -0.478. The Morgan fingerprint density at radius 1 is 0.364 bits per heavy atom. The van der Waals surface area contributed by atoms with Crippen molar-refractivity contribution in [3.05, 3.63) is 271 Å². The summed E-state index contributed by atoms with van der Waals surface area (Å²) in [6, 6.07) is 90.6. The van der Waals surface area contributed by atoms with Gasteiger partial charge in [-0.1, -0.05) is 188 Å². The lowest BCUT2D eigenvalue weighted by molar-refractivity contribution is 0.669. The summed E-state index contributed by atoms with van der Waals surface area (Å²) >= 11 is 1.91. The fraction of sp³-hybridized carbons (Fsp3) is 0.0159. The van der Waals surface area contributed by atoms with Crippen LogP contribution >= 0.6 is 11.3 Å². The Hall–Kier alpha value is -8.24. The van der Waals surface area contributed by atoms with E-state index in [0.717, 1.165) is 50.1 Å². The van der Waals surface area contributed by atoms with Crippen molar-refractivity contribution < 1.29 is 4.42 Å². The summed E-state index contributed by atoms with van der Waals surface area (Å²) in [4.78, 5) is 3.72. The molecule has 0 unspecified atom stereocenters. The number of para-hydroxylation sites is 1. The molecule has 0 amide bonds. The molecular weight excluding hydrogens is 819 g/mol. The van der Waals surface area contributed by atoms with Gasteiger partial charge in [0, 0.05) is 37.4 Å². The second kappa shape index (κ2) is 15.5. The molecule has 2 nitrogen and oxygen atoms in total. The van der Waals surface area contributed by atoms with Crippen molar-refractivity contribution in [3.8, 4) is 43.8 Å². The van der Waals surface area contributed by atoms with Crippen molar-refractivity contribution >= 4 is 60.4 Å². The molecule has 0 atom stereocenters. The molecule has 13 rings (SSSR count). The largest absolute Gasteiger partial charge is 0.456 e. The molecule has 0 aliphatic heterocycles. The Morgan fingerprint density at radius 3 is 1.52 bits per heavy atom. The number of rotatable bonds is 8. The molecule has 66 heavy (non-hydrogen) atoms. The molecule has 0 saturated heterocycles. The molecule has 0 radical (unpaired) electrons. The molecule has 0 saturated carbocycles. The SMILES string of the molecule is c1ccc(-c2ccc(N(c3ccc(-c4ccc5c(c4)C(c4ccccc4)(c4ccccc4)c4c-5sc5ccccc45)cc3)c3ccc(-c4cccc5oc6ccccc6c45)cc3)cc2)cc1. The standard InChI is InChI=1S/C63H41NOS/c1-4-15-42(16-5-1)43-27-34-49(35-28-43)64(51-38-31-45(32-39-51)52-23-14-25-58-60(52)54-21-10-12-24-57(54)65-58)50-36-29-44(30-37-50)46-33-40-53-56(41-46)63(47-17-6-2-7-18-47,48-19-8-3-9-20-48)61-55-22-11-13-26-59(55)66-62(53)61/h1-41H. The maximum atomic E-state index is 6.27. The number of hydrogen-bond acceptors (Lipinski definition) is 3. The van der Waals surface area contributed by atoms with Crippen molar-refractivity contribution in [2.75, 3.05) is 4.90 Å². The third-order valence-corrected chi connectivity index (χ3v) is 14.8. The second-order valence-electron chi connectivity index (χ2n) is 17.2. The number of fused-ring (bicyclic) bond motifs is 8. The van der Waals surface area contributed by atoms with E-state index in [4.69, 9.17) is 4.42 Å². The highest BCUT2D eigenvalue weighted by Crippen LogP contribution is 2.61. The Labute approximate surface area is 387 Å². The summed E-state index contributed by atoms with van der Waals surface area (Å²) in [7, 11) is 0. The molecule has 1 aliphatic rings. The van der Waals surface area contributed by atoms with Crippen molar-refractivity contribution in [1.82, 2.24) is 0 Å². The summed E-state index contributed by atoms with van der Waals surface area (Å²) in [5.41, 5.74) is 18.2. The Kier molecular flexibility index (Phi) is 8.97. The number of anilines is 3. The van der Waals surface area contributed by atoms with E-state index in [0.29, 0.717) is 0 Å². The molecule has 12 aromatic rings. The zero-order chi connectivity index (χ0) is 43.6. The van der Waals surface area contributed by atoms with E-state index in [1.807, 2.05) is 23.5 Å². The summed E-state index contributed by atoms with van der Waals surface area (Å²) < 4.78 is 7.59. The highest BCUT2D eigenvalue weighted by atomic mass is 32.1. The van der Waals surface area contributed by atoms with Crippen LogP contribution in [0.2, 0.25) is 0 Å². The van der Waals surface area contributed by atoms with E-state index in [1.54, 1.807) is 0 Å². The van der Waals surface area contributed by atoms with E-state index in [9.17, 15) is 0 Å². The lowest BCUT2D eigenvalue weighted by Gasteiger charge is -2.34. The molecule has 1 aliphatic carbocycles. The number of thiophene rings is 1. The van der Waals surface area contributed by atoms with Gasteiger partial charge in [-0.15, -0.1) is 11.3 Å². The fourth-order valence-corrected chi connectivity index (χ4v) is 11.9. The van der Waals surface area contributed by atoms with E-state index in [2.05, 4.69) is 241 Å². The van der Waals surface area contributed by atoms with Gasteiger partial charge in [0.15, 0.2) is 0 Å². The first kappa shape index (κ1) is 38.2. The molecule has 310 valence electrons. The van der Waals surface area contributed by atoms with Crippen LogP contribution in [0.5, 0.6) is 0 Å². The van der Waals surface area contributed by atoms with Gasteiger partial charge in [0.05, 0.1) is 5.41 Å². The number of furan rings is 1. The van der Waals surface area contributed by atoms with Gasteiger partial charge in [-0.05, 0) is 127 Å².